The van der Waals surface area contributed by atoms with Crippen LogP contribution < -0.4 is 4.90 Å². The average Bonchev–Trinajstić information content (AvgIpc) is 2.58. The smallest absolute Gasteiger partial charge is 0.225 e. The normalized spacial score (nSPS) is 20.3. The number of rotatable bonds is 2. The zero-order valence-corrected chi connectivity index (χ0v) is 14.1. The summed E-state index contributed by atoms with van der Waals surface area (Å²) in [6.07, 6.45) is 5.92. The lowest BCUT2D eigenvalue weighted by Crippen LogP contribution is -2.50. The third kappa shape index (κ3) is 3.24. The lowest BCUT2D eigenvalue weighted by Gasteiger charge is -2.38. The lowest BCUT2D eigenvalue weighted by atomic mass is 9.88. The third-order valence-corrected chi connectivity index (χ3v) is 5.54. The second-order valence-electron chi connectivity index (χ2n) is 6.53. The Morgan fingerprint density at radius 2 is 1.77 bits per heavy atom. The molecule has 3 rings (SSSR count). The van der Waals surface area contributed by atoms with Crippen LogP contribution in [0.3, 0.4) is 0 Å². The predicted octanol–water partition coefficient (Wildman–Crippen LogP) is 3.88. The molecule has 120 valence electrons. The van der Waals surface area contributed by atoms with E-state index in [9.17, 15) is 4.79 Å². The van der Waals surface area contributed by atoms with Crippen molar-refractivity contribution >= 4 is 23.2 Å². The monoisotopic (exact) mass is 320 g/mol. The summed E-state index contributed by atoms with van der Waals surface area (Å²) in [7, 11) is 0. The van der Waals surface area contributed by atoms with E-state index in [1.165, 1.54) is 24.9 Å². The van der Waals surface area contributed by atoms with E-state index in [0.717, 1.165) is 49.6 Å². The molecule has 0 N–H and O–H groups in total. The third-order valence-electron chi connectivity index (χ3n) is 5.13. The summed E-state index contributed by atoms with van der Waals surface area (Å²) in [4.78, 5) is 17.0. The zero-order valence-electron chi connectivity index (χ0n) is 13.4. The minimum Gasteiger partial charge on any atom is -0.368 e. The van der Waals surface area contributed by atoms with Crippen molar-refractivity contribution in [1.82, 2.24) is 4.90 Å². The molecule has 2 fully saturated rings. The maximum Gasteiger partial charge on any atom is 0.225 e. The fraction of sp³-hybridized carbons (Fsp3) is 0.611. The van der Waals surface area contributed by atoms with Crippen molar-refractivity contribution in [3.05, 3.63) is 28.8 Å². The van der Waals surface area contributed by atoms with Gasteiger partial charge >= 0.3 is 0 Å². The van der Waals surface area contributed by atoms with Crippen LogP contribution in [0.2, 0.25) is 5.02 Å². The van der Waals surface area contributed by atoms with Crippen LogP contribution in [-0.2, 0) is 4.79 Å². The number of carbonyl (C=O) groups is 1. The molecule has 1 aliphatic heterocycles. The van der Waals surface area contributed by atoms with Gasteiger partial charge in [-0.2, -0.15) is 0 Å². The first-order chi connectivity index (χ1) is 10.7. The standard InChI is InChI=1S/C18H25ClN2O/c1-14-16(19)8-5-9-17(14)20-10-12-21(13-11-20)18(22)15-6-3-2-4-7-15/h5,8-9,15H,2-4,6-7,10-13H2,1H3. The molecule has 1 saturated carbocycles. The second kappa shape index (κ2) is 6.91. The molecule has 0 unspecified atom stereocenters. The SMILES string of the molecule is Cc1c(Cl)cccc1N1CCN(C(=O)C2CCCCC2)CC1. The molecule has 0 atom stereocenters. The van der Waals surface area contributed by atoms with Crippen molar-refractivity contribution in [1.29, 1.82) is 0 Å². The van der Waals surface area contributed by atoms with Crippen molar-refractivity contribution in [3.8, 4) is 0 Å². The van der Waals surface area contributed by atoms with Crippen molar-refractivity contribution in [3.63, 3.8) is 0 Å². The topological polar surface area (TPSA) is 23.6 Å². The van der Waals surface area contributed by atoms with Gasteiger partial charge < -0.3 is 9.80 Å². The maximum absolute atomic E-state index is 12.6. The molecule has 0 bridgehead atoms. The summed E-state index contributed by atoms with van der Waals surface area (Å²) < 4.78 is 0. The van der Waals surface area contributed by atoms with Crippen LogP contribution in [0.25, 0.3) is 0 Å². The van der Waals surface area contributed by atoms with E-state index < -0.39 is 0 Å². The molecule has 3 nitrogen and oxygen atoms in total. The summed E-state index contributed by atoms with van der Waals surface area (Å²) in [5, 5.41) is 0.818. The molecule has 1 aromatic rings. The molecule has 1 heterocycles. The average molecular weight is 321 g/mol. The summed E-state index contributed by atoms with van der Waals surface area (Å²) in [5.41, 5.74) is 2.34. The Kier molecular flexibility index (Phi) is 4.92. The van der Waals surface area contributed by atoms with Gasteiger partial charge in [-0.15, -0.1) is 0 Å². The molecule has 1 saturated heterocycles. The number of carbonyl (C=O) groups excluding carboxylic acids is 1. The number of benzene rings is 1. The van der Waals surface area contributed by atoms with Gasteiger partial charge in [0.25, 0.3) is 0 Å². The minimum absolute atomic E-state index is 0.285. The number of hydrogen-bond acceptors (Lipinski definition) is 2. The molecule has 1 aromatic carbocycles. The van der Waals surface area contributed by atoms with Crippen molar-refractivity contribution in [2.45, 2.75) is 39.0 Å². The Balaban J connectivity index is 1.60. The van der Waals surface area contributed by atoms with Gasteiger partial charge in [-0.05, 0) is 37.5 Å². The van der Waals surface area contributed by atoms with Crippen molar-refractivity contribution in [2.24, 2.45) is 5.92 Å². The first-order valence-electron chi connectivity index (χ1n) is 8.45. The highest BCUT2D eigenvalue weighted by atomic mass is 35.5. The van der Waals surface area contributed by atoms with Crippen LogP contribution >= 0.6 is 11.6 Å². The predicted molar refractivity (Wildman–Crippen MR) is 91.6 cm³/mol. The van der Waals surface area contributed by atoms with Crippen molar-refractivity contribution in [2.75, 3.05) is 31.1 Å². The van der Waals surface area contributed by atoms with Crippen LogP contribution in [0, 0.1) is 12.8 Å². The van der Waals surface area contributed by atoms with Crippen LogP contribution in [0.1, 0.15) is 37.7 Å². The number of anilines is 1. The first kappa shape index (κ1) is 15.7. The van der Waals surface area contributed by atoms with E-state index in [0.29, 0.717) is 5.91 Å². The Morgan fingerprint density at radius 3 is 2.45 bits per heavy atom. The maximum atomic E-state index is 12.6. The summed E-state index contributed by atoms with van der Waals surface area (Å²) in [5.74, 6) is 0.676. The first-order valence-corrected chi connectivity index (χ1v) is 8.83. The quantitative estimate of drug-likeness (QED) is 0.825. The summed E-state index contributed by atoms with van der Waals surface area (Å²) in [6.45, 7) is 5.54. The van der Waals surface area contributed by atoms with Crippen LogP contribution in [0.4, 0.5) is 5.69 Å². The van der Waals surface area contributed by atoms with Gasteiger partial charge in [0.05, 0.1) is 0 Å². The Morgan fingerprint density at radius 1 is 1.09 bits per heavy atom. The number of nitrogens with zero attached hydrogens (tertiary/aromatic N) is 2. The number of hydrogen-bond donors (Lipinski definition) is 0. The van der Waals surface area contributed by atoms with E-state index >= 15 is 0 Å². The lowest BCUT2D eigenvalue weighted by molar-refractivity contribution is -0.136. The molecule has 22 heavy (non-hydrogen) atoms. The van der Waals surface area contributed by atoms with Crippen LogP contribution in [0.15, 0.2) is 18.2 Å². The van der Waals surface area contributed by atoms with E-state index in [1.54, 1.807) is 0 Å². The molecule has 0 aromatic heterocycles. The van der Waals surface area contributed by atoms with Crippen LogP contribution in [-0.4, -0.2) is 37.0 Å². The highest BCUT2D eigenvalue weighted by Crippen LogP contribution is 2.29. The summed E-state index contributed by atoms with van der Waals surface area (Å²) in [6, 6.07) is 6.06. The fourth-order valence-electron chi connectivity index (χ4n) is 3.71. The number of piperazine rings is 1. The second-order valence-corrected chi connectivity index (χ2v) is 6.94. The molecule has 0 spiro atoms. The van der Waals surface area contributed by atoms with Gasteiger partial charge in [0.1, 0.15) is 0 Å². The number of halogens is 1. The molecule has 1 aliphatic carbocycles. The van der Waals surface area contributed by atoms with E-state index in [1.807, 2.05) is 12.1 Å². The molecular weight excluding hydrogens is 296 g/mol. The Bertz CT molecular complexity index is 532. The van der Waals surface area contributed by atoms with Gasteiger partial charge in [-0.25, -0.2) is 0 Å². The van der Waals surface area contributed by atoms with E-state index in [-0.39, 0.29) is 5.92 Å². The zero-order chi connectivity index (χ0) is 15.5. The van der Waals surface area contributed by atoms with E-state index in [2.05, 4.69) is 22.8 Å². The highest BCUT2D eigenvalue weighted by Gasteiger charge is 2.28. The fourth-order valence-corrected chi connectivity index (χ4v) is 3.88. The van der Waals surface area contributed by atoms with Gasteiger partial charge in [0, 0.05) is 42.8 Å². The van der Waals surface area contributed by atoms with Gasteiger partial charge in [0.2, 0.25) is 5.91 Å². The van der Waals surface area contributed by atoms with E-state index in [4.69, 9.17) is 11.6 Å². The minimum atomic E-state index is 0.285. The molecule has 2 aliphatic rings. The molecule has 4 heteroatoms. The molecular formula is C18H25ClN2O. The van der Waals surface area contributed by atoms with Gasteiger partial charge in [0.15, 0.2) is 0 Å². The van der Waals surface area contributed by atoms with Crippen LogP contribution in [0.5, 0.6) is 0 Å². The largest absolute Gasteiger partial charge is 0.368 e. The molecule has 0 radical (unpaired) electrons. The van der Waals surface area contributed by atoms with Gasteiger partial charge in [-0.3, -0.25) is 4.79 Å². The van der Waals surface area contributed by atoms with Gasteiger partial charge in [-0.1, -0.05) is 36.9 Å². The Labute approximate surface area is 138 Å². The Hall–Kier alpha value is -1.22. The number of amides is 1. The highest BCUT2D eigenvalue weighted by molar-refractivity contribution is 6.31. The molecule has 1 amide bonds. The summed E-state index contributed by atoms with van der Waals surface area (Å²) >= 11 is 6.22. The van der Waals surface area contributed by atoms with Crippen molar-refractivity contribution < 1.29 is 4.79 Å².